The van der Waals surface area contributed by atoms with Gasteiger partial charge in [0, 0.05) is 18.0 Å². The molecular formula is C14H22ClN3. The van der Waals surface area contributed by atoms with Crippen LogP contribution in [0.4, 0.5) is 5.82 Å². The lowest BCUT2D eigenvalue weighted by Gasteiger charge is -2.27. The average molecular weight is 268 g/mol. The van der Waals surface area contributed by atoms with Gasteiger partial charge in [-0.15, -0.1) is 0 Å². The lowest BCUT2D eigenvalue weighted by molar-refractivity contribution is 0.360. The van der Waals surface area contributed by atoms with Crippen molar-refractivity contribution < 1.29 is 0 Å². The van der Waals surface area contributed by atoms with Gasteiger partial charge in [-0.1, -0.05) is 32.4 Å². The topological polar surface area (TPSA) is 37.8 Å². The van der Waals surface area contributed by atoms with E-state index in [9.17, 15) is 0 Å². The molecule has 1 saturated carbocycles. The molecule has 0 bridgehead atoms. The van der Waals surface area contributed by atoms with Crippen molar-refractivity contribution in [3.63, 3.8) is 0 Å². The first-order valence-corrected chi connectivity index (χ1v) is 7.23. The second kappa shape index (κ2) is 5.87. The second-order valence-electron chi connectivity index (χ2n) is 5.69. The van der Waals surface area contributed by atoms with Crippen molar-refractivity contribution in [1.29, 1.82) is 0 Å². The second-order valence-corrected chi connectivity index (χ2v) is 6.08. The van der Waals surface area contributed by atoms with Crippen LogP contribution in [0.25, 0.3) is 0 Å². The fraction of sp³-hybridized carbons (Fsp3) is 0.714. The number of halogens is 1. The minimum atomic E-state index is 0.302. The van der Waals surface area contributed by atoms with Crippen molar-refractivity contribution in [2.75, 3.05) is 5.32 Å². The van der Waals surface area contributed by atoms with E-state index in [1.807, 2.05) is 6.07 Å². The van der Waals surface area contributed by atoms with Crippen LogP contribution in [-0.4, -0.2) is 16.0 Å². The highest BCUT2D eigenvalue weighted by Crippen LogP contribution is 2.26. The van der Waals surface area contributed by atoms with Crippen molar-refractivity contribution in [2.45, 2.75) is 58.4 Å². The summed E-state index contributed by atoms with van der Waals surface area (Å²) in [6.45, 7) is 6.49. The molecule has 1 aliphatic carbocycles. The largest absolute Gasteiger partial charge is 0.367 e. The van der Waals surface area contributed by atoms with E-state index in [4.69, 9.17) is 11.6 Å². The van der Waals surface area contributed by atoms with Crippen LogP contribution in [0.1, 0.15) is 58.2 Å². The van der Waals surface area contributed by atoms with Gasteiger partial charge in [0.1, 0.15) is 16.8 Å². The molecule has 0 aliphatic heterocycles. The van der Waals surface area contributed by atoms with Gasteiger partial charge in [-0.25, -0.2) is 9.97 Å². The zero-order chi connectivity index (χ0) is 13.1. The fourth-order valence-electron chi connectivity index (χ4n) is 2.38. The molecule has 0 amide bonds. The fourth-order valence-corrected chi connectivity index (χ4v) is 2.57. The van der Waals surface area contributed by atoms with Crippen molar-refractivity contribution in [3.05, 3.63) is 17.0 Å². The van der Waals surface area contributed by atoms with E-state index in [1.165, 1.54) is 25.7 Å². The van der Waals surface area contributed by atoms with Gasteiger partial charge in [-0.3, -0.25) is 0 Å². The van der Waals surface area contributed by atoms with Gasteiger partial charge in [0.2, 0.25) is 0 Å². The molecule has 1 heterocycles. The monoisotopic (exact) mass is 267 g/mol. The van der Waals surface area contributed by atoms with Crippen LogP contribution in [-0.2, 0) is 0 Å². The standard InChI is InChI=1S/C14H22ClN3/c1-9(2)14-17-12(15)8-13(18-14)16-11-6-4-10(3)5-7-11/h8-11H,4-7H2,1-3H3,(H,16,17,18). The third-order valence-electron chi connectivity index (χ3n) is 3.60. The van der Waals surface area contributed by atoms with Crippen molar-refractivity contribution >= 4 is 17.4 Å². The lowest BCUT2D eigenvalue weighted by atomic mass is 9.87. The Balaban J connectivity index is 2.04. The molecule has 2 rings (SSSR count). The van der Waals surface area contributed by atoms with Crippen LogP contribution < -0.4 is 5.32 Å². The number of anilines is 1. The number of hydrogen-bond donors (Lipinski definition) is 1. The van der Waals surface area contributed by atoms with E-state index in [-0.39, 0.29) is 0 Å². The van der Waals surface area contributed by atoms with Crippen LogP contribution in [0.2, 0.25) is 5.15 Å². The van der Waals surface area contributed by atoms with E-state index in [0.29, 0.717) is 17.1 Å². The van der Waals surface area contributed by atoms with Gasteiger partial charge >= 0.3 is 0 Å². The van der Waals surface area contributed by atoms with E-state index in [1.54, 1.807) is 0 Å². The number of rotatable bonds is 3. The highest BCUT2D eigenvalue weighted by atomic mass is 35.5. The molecule has 1 N–H and O–H groups in total. The van der Waals surface area contributed by atoms with E-state index >= 15 is 0 Å². The molecule has 3 nitrogen and oxygen atoms in total. The maximum atomic E-state index is 6.04. The Hall–Kier alpha value is -0.830. The molecule has 1 aromatic rings. The Labute approximate surface area is 114 Å². The van der Waals surface area contributed by atoms with Gasteiger partial charge in [0.25, 0.3) is 0 Å². The Morgan fingerprint density at radius 2 is 1.89 bits per heavy atom. The van der Waals surface area contributed by atoms with Crippen LogP contribution in [0.15, 0.2) is 6.07 Å². The maximum Gasteiger partial charge on any atom is 0.135 e. The van der Waals surface area contributed by atoms with Crippen molar-refractivity contribution in [2.24, 2.45) is 5.92 Å². The summed E-state index contributed by atoms with van der Waals surface area (Å²) in [6, 6.07) is 2.36. The minimum absolute atomic E-state index is 0.302. The van der Waals surface area contributed by atoms with E-state index in [0.717, 1.165) is 17.6 Å². The summed E-state index contributed by atoms with van der Waals surface area (Å²) >= 11 is 6.04. The molecule has 1 aromatic heterocycles. The van der Waals surface area contributed by atoms with Crippen LogP contribution in [0.3, 0.4) is 0 Å². The van der Waals surface area contributed by atoms with Crippen LogP contribution in [0, 0.1) is 5.92 Å². The summed E-state index contributed by atoms with van der Waals surface area (Å²) in [7, 11) is 0. The van der Waals surface area contributed by atoms with E-state index in [2.05, 4.69) is 36.1 Å². The first-order chi connectivity index (χ1) is 8.54. The highest BCUT2D eigenvalue weighted by Gasteiger charge is 2.18. The molecule has 18 heavy (non-hydrogen) atoms. The summed E-state index contributed by atoms with van der Waals surface area (Å²) in [5.41, 5.74) is 0. The Bertz CT molecular complexity index is 398. The third-order valence-corrected chi connectivity index (χ3v) is 3.79. The highest BCUT2D eigenvalue weighted by molar-refractivity contribution is 6.29. The van der Waals surface area contributed by atoms with Crippen LogP contribution in [0.5, 0.6) is 0 Å². The first-order valence-electron chi connectivity index (χ1n) is 6.85. The Morgan fingerprint density at radius 1 is 1.22 bits per heavy atom. The van der Waals surface area contributed by atoms with Crippen molar-refractivity contribution in [3.8, 4) is 0 Å². The Kier molecular flexibility index (Phi) is 4.44. The first kappa shape index (κ1) is 13.6. The lowest BCUT2D eigenvalue weighted by Crippen LogP contribution is -2.25. The van der Waals surface area contributed by atoms with E-state index < -0.39 is 0 Å². The normalized spacial score (nSPS) is 24.3. The van der Waals surface area contributed by atoms with Gasteiger partial charge in [0.15, 0.2) is 0 Å². The molecule has 1 aliphatic rings. The molecular weight excluding hydrogens is 246 g/mol. The predicted octanol–water partition coefficient (Wildman–Crippen LogP) is 4.24. The van der Waals surface area contributed by atoms with Crippen LogP contribution >= 0.6 is 11.6 Å². The average Bonchev–Trinajstić information content (AvgIpc) is 2.31. The molecule has 0 radical (unpaired) electrons. The van der Waals surface area contributed by atoms with Gasteiger partial charge < -0.3 is 5.32 Å². The molecule has 0 unspecified atom stereocenters. The minimum Gasteiger partial charge on any atom is -0.367 e. The predicted molar refractivity (Wildman–Crippen MR) is 76.2 cm³/mol. The SMILES string of the molecule is CC1CCC(Nc2cc(Cl)nc(C(C)C)n2)CC1. The van der Waals surface area contributed by atoms with Gasteiger partial charge in [-0.2, -0.15) is 0 Å². The molecule has 4 heteroatoms. The molecule has 1 fully saturated rings. The van der Waals surface area contributed by atoms with Gasteiger partial charge in [-0.05, 0) is 31.6 Å². The number of hydrogen-bond acceptors (Lipinski definition) is 3. The maximum absolute atomic E-state index is 6.04. The summed E-state index contributed by atoms with van der Waals surface area (Å²) in [4.78, 5) is 8.79. The summed E-state index contributed by atoms with van der Waals surface area (Å²) < 4.78 is 0. The summed E-state index contributed by atoms with van der Waals surface area (Å²) in [5.74, 6) is 2.85. The zero-order valence-electron chi connectivity index (χ0n) is 11.4. The Morgan fingerprint density at radius 3 is 2.50 bits per heavy atom. The quantitative estimate of drug-likeness (QED) is 0.832. The number of aromatic nitrogens is 2. The molecule has 0 aromatic carbocycles. The third kappa shape index (κ3) is 3.58. The number of nitrogens with zero attached hydrogens (tertiary/aromatic N) is 2. The molecule has 0 spiro atoms. The van der Waals surface area contributed by atoms with Crippen molar-refractivity contribution in [1.82, 2.24) is 9.97 Å². The molecule has 0 saturated heterocycles. The van der Waals surface area contributed by atoms with Gasteiger partial charge in [0.05, 0.1) is 0 Å². The summed E-state index contributed by atoms with van der Waals surface area (Å²) in [5, 5.41) is 4.03. The molecule has 0 atom stereocenters. The molecule has 100 valence electrons. The summed E-state index contributed by atoms with van der Waals surface area (Å²) in [6.07, 6.45) is 5.04. The number of nitrogens with one attached hydrogen (secondary N) is 1. The smallest absolute Gasteiger partial charge is 0.135 e. The zero-order valence-corrected chi connectivity index (χ0v) is 12.2.